The van der Waals surface area contributed by atoms with Gasteiger partial charge in [0.1, 0.15) is 16.8 Å². The molecule has 3 rings (SSSR count). The molecular formula is C15H22ClN3. The highest BCUT2D eigenvalue weighted by atomic mass is 35.5. The third-order valence-corrected chi connectivity index (χ3v) is 4.85. The van der Waals surface area contributed by atoms with Gasteiger partial charge >= 0.3 is 0 Å². The van der Waals surface area contributed by atoms with Crippen molar-refractivity contribution in [2.24, 2.45) is 5.92 Å². The van der Waals surface area contributed by atoms with Crippen LogP contribution < -0.4 is 5.32 Å². The third kappa shape index (κ3) is 2.86. The molecule has 1 aromatic heterocycles. The topological polar surface area (TPSA) is 37.8 Å². The summed E-state index contributed by atoms with van der Waals surface area (Å²) in [6, 6.07) is 0.533. The molecule has 1 heterocycles. The lowest BCUT2D eigenvalue weighted by Gasteiger charge is -2.30. The van der Waals surface area contributed by atoms with E-state index in [0.717, 1.165) is 17.2 Å². The Morgan fingerprint density at radius 3 is 2.53 bits per heavy atom. The normalized spacial score (nSPS) is 27.3. The van der Waals surface area contributed by atoms with Gasteiger partial charge in [-0.3, -0.25) is 0 Å². The van der Waals surface area contributed by atoms with E-state index in [2.05, 4.69) is 17.2 Å². The number of nitrogens with zero attached hydrogens (tertiary/aromatic N) is 2. The summed E-state index contributed by atoms with van der Waals surface area (Å²) in [5, 5.41) is 4.24. The van der Waals surface area contributed by atoms with E-state index in [9.17, 15) is 0 Å². The minimum absolute atomic E-state index is 0.533. The fourth-order valence-corrected chi connectivity index (χ4v) is 3.05. The average molecular weight is 280 g/mol. The number of hydrogen-bond acceptors (Lipinski definition) is 3. The van der Waals surface area contributed by atoms with Crippen molar-refractivity contribution in [2.45, 2.75) is 64.3 Å². The highest BCUT2D eigenvalue weighted by Gasteiger charge is 2.29. The van der Waals surface area contributed by atoms with Gasteiger partial charge in [-0.2, -0.15) is 0 Å². The van der Waals surface area contributed by atoms with Gasteiger partial charge in [0, 0.05) is 17.5 Å². The standard InChI is InChI=1S/C15H22ClN3/c1-9-5-3-4-6-12(9)17-14-10(2)13(16)18-15(19-14)11-7-8-11/h9,11-12H,3-8H2,1-2H3,(H,17,18,19). The second kappa shape index (κ2) is 5.28. The molecule has 2 saturated carbocycles. The predicted octanol–water partition coefficient (Wildman–Crippen LogP) is 4.31. The Hall–Kier alpha value is -0.830. The van der Waals surface area contributed by atoms with Gasteiger partial charge < -0.3 is 5.32 Å². The minimum atomic E-state index is 0.533. The summed E-state index contributed by atoms with van der Waals surface area (Å²) in [6.45, 7) is 4.34. The summed E-state index contributed by atoms with van der Waals surface area (Å²) >= 11 is 6.25. The summed E-state index contributed by atoms with van der Waals surface area (Å²) in [5.41, 5.74) is 0.990. The monoisotopic (exact) mass is 279 g/mol. The van der Waals surface area contributed by atoms with Crippen molar-refractivity contribution in [1.82, 2.24) is 9.97 Å². The molecule has 0 amide bonds. The average Bonchev–Trinajstić information content (AvgIpc) is 3.21. The summed E-state index contributed by atoms with van der Waals surface area (Å²) in [4.78, 5) is 9.14. The zero-order chi connectivity index (χ0) is 13.4. The fourth-order valence-electron chi connectivity index (χ4n) is 2.88. The maximum atomic E-state index is 6.25. The third-order valence-electron chi connectivity index (χ3n) is 4.48. The molecule has 1 N–H and O–H groups in total. The molecule has 2 aliphatic rings. The largest absolute Gasteiger partial charge is 0.367 e. The van der Waals surface area contributed by atoms with Gasteiger partial charge in [-0.15, -0.1) is 0 Å². The second-order valence-electron chi connectivity index (χ2n) is 6.13. The van der Waals surface area contributed by atoms with Gasteiger partial charge in [-0.25, -0.2) is 9.97 Å². The first-order valence-electron chi connectivity index (χ1n) is 7.45. The SMILES string of the molecule is Cc1c(Cl)nc(C2CC2)nc1NC1CCCCC1C. The molecule has 4 heteroatoms. The van der Waals surface area contributed by atoms with Crippen molar-refractivity contribution in [1.29, 1.82) is 0 Å². The summed E-state index contributed by atoms with van der Waals surface area (Å²) in [6.07, 6.45) is 7.63. The van der Waals surface area contributed by atoms with Gasteiger partial charge in [0.15, 0.2) is 0 Å². The van der Waals surface area contributed by atoms with Crippen molar-refractivity contribution in [3.05, 3.63) is 16.5 Å². The van der Waals surface area contributed by atoms with E-state index in [-0.39, 0.29) is 0 Å². The van der Waals surface area contributed by atoms with E-state index in [1.54, 1.807) is 0 Å². The molecule has 2 unspecified atom stereocenters. The van der Waals surface area contributed by atoms with E-state index in [1.165, 1.54) is 38.5 Å². The van der Waals surface area contributed by atoms with Crippen LogP contribution in [0.3, 0.4) is 0 Å². The molecule has 2 aliphatic carbocycles. The van der Waals surface area contributed by atoms with Crippen molar-refractivity contribution in [2.75, 3.05) is 5.32 Å². The minimum Gasteiger partial charge on any atom is -0.367 e. The maximum Gasteiger partial charge on any atom is 0.137 e. The molecule has 0 aliphatic heterocycles. The molecule has 0 bridgehead atoms. The number of aromatic nitrogens is 2. The zero-order valence-corrected chi connectivity index (χ0v) is 12.5. The van der Waals surface area contributed by atoms with Crippen molar-refractivity contribution in [3.63, 3.8) is 0 Å². The van der Waals surface area contributed by atoms with Crippen LogP contribution in [0.2, 0.25) is 5.15 Å². The van der Waals surface area contributed by atoms with Gasteiger partial charge in [-0.05, 0) is 38.5 Å². The molecule has 19 heavy (non-hydrogen) atoms. The number of nitrogens with one attached hydrogen (secondary N) is 1. The van der Waals surface area contributed by atoms with Gasteiger partial charge in [0.05, 0.1) is 0 Å². The zero-order valence-electron chi connectivity index (χ0n) is 11.7. The lowest BCUT2D eigenvalue weighted by molar-refractivity contribution is 0.349. The predicted molar refractivity (Wildman–Crippen MR) is 78.8 cm³/mol. The molecular weight excluding hydrogens is 258 g/mol. The van der Waals surface area contributed by atoms with Crippen LogP contribution in [-0.4, -0.2) is 16.0 Å². The molecule has 0 saturated heterocycles. The van der Waals surface area contributed by atoms with Crippen LogP contribution in [0.15, 0.2) is 0 Å². The molecule has 0 radical (unpaired) electrons. The molecule has 1 aromatic rings. The molecule has 0 aromatic carbocycles. The van der Waals surface area contributed by atoms with Crippen LogP contribution in [0.5, 0.6) is 0 Å². The summed E-state index contributed by atoms with van der Waals surface area (Å²) in [5.74, 6) is 3.15. The van der Waals surface area contributed by atoms with Crippen LogP contribution in [0, 0.1) is 12.8 Å². The molecule has 2 fully saturated rings. The lowest BCUT2D eigenvalue weighted by atomic mass is 9.86. The van der Waals surface area contributed by atoms with E-state index < -0.39 is 0 Å². The highest BCUT2D eigenvalue weighted by molar-refractivity contribution is 6.30. The first-order valence-corrected chi connectivity index (χ1v) is 7.83. The lowest BCUT2D eigenvalue weighted by Crippen LogP contribution is -2.31. The fraction of sp³-hybridized carbons (Fsp3) is 0.733. The first-order chi connectivity index (χ1) is 9.15. The molecule has 3 nitrogen and oxygen atoms in total. The molecule has 2 atom stereocenters. The Morgan fingerprint density at radius 2 is 1.84 bits per heavy atom. The quantitative estimate of drug-likeness (QED) is 0.838. The van der Waals surface area contributed by atoms with Crippen molar-refractivity contribution < 1.29 is 0 Å². The Bertz CT molecular complexity index is 471. The van der Waals surface area contributed by atoms with E-state index >= 15 is 0 Å². The van der Waals surface area contributed by atoms with Crippen LogP contribution in [0.1, 0.15) is 62.8 Å². The summed E-state index contributed by atoms with van der Waals surface area (Å²) in [7, 11) is 0. The van der Waals surface area contributed by atoms with Gasteiger partial charge in [0.2, 0.25) is 0 Å². The Kier molecular flexibility index (Phi) is 3.66. The second-order valence-corrected chi connectivity index (χ2v) is 6.49. The number of anilines is 1. The Morgan fingerprint density at radius 1 is 1.11 bits per heavy atom. The highest BCUT2D eigenvalue weighted by Crippen LogP contribution is 2.39. The molecule has 0 spiro atoms. The molecule has 104 valence electrons. The van der Waals surface area contributed by atoms with Crippen LogP contribution in [0.4, 0.5) is 5.82 Å². The van der Waals surface area contributed by atoms with E-state index in [1.807, 2.05) is 6.92 Å². The smallest absolute Gasteiger partial charge is 0.137 e. The first kappa shape index (κ1) is 13.2. The van der Waals surface area contributed by atoms with Crippen LogP contribution >= 0.6 is 11.6 Å². The van der Waals surface area contributed by atoms with Gasteiger partial charge in [0.25, 0.3) is 0 Å². The summed E-state index contributed by atoms with van der Waals surface area (Å²) < 4.78 is 0. The number of hydrogen-bond donors (Lipinski definition) is 1. The number of rotatable bonds is 3. The van der Waals surface area contributed by atoms with Crippen LogP contribution in [-0.2, 0) is 0 Å². The van der Waals surface area contributed by atoms with Crippen LogP contribution in [0.25, 0.3) is 0 Å². The van der Waals surface area contributed by atoms with Crippen molar-refractivity contribution >= 4 is 17.4 Å². The maximum absolute atomic E-state index is 6.25. The van der Waals surface area contributed by atoms with Gasteiger partial charge in [-0.1, -0.05) is 31.4 Å². The Balaban J connectivity index is 1.82. The number of halogens is 1. The van der Waals surface area contributed by atoms with E-state index in [4.69, 9.17) is 16.6 Å². The Labute approximate surface area is 120 Å². The van der Waals surface area contributed by atoms with Crippen molar-refractivity contribution in [3.8, 4) is 0 Å². The van der Waals surface area contributed by atoms with E-state index in [0.29, 0.717) is 23.0 Å².